The quantitative estimate of drug-likeness (QED) is 0.0427. The zero-order chi connectivity index (χ0) is 67.2. The molecule has 18 heteroatoms. The Hall–Kier alpha value is -9.24. The van der Waals surface area contributed by atoms with Gasteiger partial charge in [-0.2, -0.15) is 5.26 Å². The van der Waals surface area contributed by atoms with Gasteiger partial charge < -0.3 is 20.8 Å². The summed E-state index contributed by atoms with van der Waals surface area (Å²) < 4.78 is 43.5. The van der Waals surface area contributed by atoms with Crippen molar-refractivity contribution in [1.82, 2.24) is 60.6 Å². The van der Waals surface area contributed by atoms with E-state index in [0.717, 1.165) is 130 Å². The van der Waals surface area contributed by atoms with Gasteiger partial charge in [0, 0.05) is 141 Å². The fraction of sp³-hybridized carbons (Fsp3) is 0.342. The van der Waals surface area contributed by atoms with Crippen LogP contribution in [0.2, 0.25) is 0 Å². The topological polar surface area (TPSA) is 192 Å². The number of phenolic OH excluding ortho intramolecular Hbond substituents is 2. The van der Waals surface area contributed by atoms with Crippen molar-refractivity contribution in [2.45, 2.75) is 116 Å². The summed E-state index contributed by atoms with van der Waals surface area (Å²) in [6.07, 6.45) is 8.98. The third kappa shape index (κ3) is 20.9. The lowest BCUT2D eigenvalue weighted by Crippen LogP contribution is -2.53. The molecule has 4 atom stereocenters. The number of aryl methyl sites for hydroxylation is 6. The molecule has 0 saturated carbocycles. The molecule has 0 aliphatic carbocycles. The number of nitrogens with one attached hydrogen (secondary N) is 3. The molecule has 94 heavy (non-hydrogen) atoms. The van der Waals surface area contributed by atoms with Crippen LogP contribution in [0.4, 0.5) is 8.78 Å². The lowest BCUT2D eigenvalue weighted by Gasteiger charge is -2.37. The molecular weight excluding hydrogens is 1180 g/mol. The Morgan fingerprint density at radius 3 is 1.61 bits per heavy atom. The molecule has 3 aliphatic rings. The Labute approximate surface area is 554 Å². The highest BCUT2D eigenvalue weighted by molar-refractivity contribution is 5.61. The first-order valence-corrected chi connectivity index (χ1v) is 32.5. The number of phenols is 2. The fourth-order valence-electron chi connectivity index (χ4n) is 11.9. The average molecular weight is 1270 g/mol. The van der Waals surface area contributed by atoms with Gasteiger partial charge in [0.25, 0.3) is 6.17 Å². The zero-order valence-electron chi connectivity index (χ0n) is 55.6. The molecule has 6 heterocycles. The van der Waals surface area contributed by atoms with Crippen molar-refractivity contribution in [3.63, 3.8) is 0 Å². The summed E-state index contributed by atoms with van der Waals surface area (Å²) in [7, 11) is 0. The molecule has 3 saturated heterocycles. The Balaban J connectivity index is 0.000000157. The number of aromatic nitrogens is 6. The summed E-state index contributed by atoms with van der Waals surface area (Å²) in [5, 5.41) is 38.0. The highest BCUT2D eigenvalue weighted by Gasteiger charge is 2.27. The molecule has 484 valence electrons. The summed E-state index contributed by atoms with van der Waals surface area (Å²) in [6.45, 7) is 21.4. The van der Waals surface area contributed by atoms with Gasteiger partial charge in [-0.05, 0) is 159 Å². The maximum absolute atomic E-state index is 13.4. The van der Waals surface area contributed by atoms with Crippen molar-refractivity contribution < 1.29 is 21.7 Å². The molecule has 3 aliphatic heterocycles. The molecule has 12 rings (SSSR count). The van der Waals surface area contributed by atoms with Gasteiger partial charge in [-0.3, -0.25) is 20.0 Å². The van der Waals surface area contributed by atoms with Crippen molar-refractivity contribution >= 4 is 0 Å². The highest BCUT2D eigenvalue weighted by Crippen LogP contribution is 2.25. The van der Waals surface area contributed by atoms with E-state index in [9.17, 15) is 19.0 Å². The maximum Gasteiger partial charge on any atom is 0.292 e. The monoisotopic (exact) mass is 1260 g/mol. The van der Waals surface area contributed by atoms with Crippen molar-refractivity contribution in [3.8, 4) is 51.3 Å². The first kappa shape index (κ1) is 64.8. The lowest BCUT2D eigenvalue weighted by molar-refractivity contribution is 0.139. The van der Waals surface area contributed by atoms with Gasteiger partial charge in [-0.25, -0.2) is 50.2 Å². The minimum absolute atomic E-state index is 0.100. The minimum Gasteiger partial charge on any atom is -0.508 e. The summed E-state index contributed by atoms with van der Waals surface area (Å²) in [6, 6.07) is 51.4. The van der Waals surface area contributed by atoms with Crippen LogP contribution in [-0.2, 0) is 58.1 Å². The van der Waals surface area contributed by atoms with Gasteiger partial charge in [-0.1, -0.05) is 78.9 Å². The summed E-state index contributed by atoms with van der Waals surface area (Å²) >= 11 is 0. The molecule has 5 N–H and O–H groups in total. The van der Waals surface area contributed by atoms with Gasteiger partial charge in [0.15, 0.2) is 0 Å². The molecule has 0 amide bonds. The van der Waals surface area contributed by atoms with Crippen molar-refractivity contribution in [2.24, 2.45) is 0 Å². The standard InChI is InChI=1S/C26H32N4O.C25H25F2N5.C25H27N5O/c1-19-17-30(20(2)16-28-19)18-22-6-3-7-23(15-22)25-13-14-27-26(29-25)8-4-5-21-9-11-24(31)12-10-21;26-21-12-18(13-22(27)14-21)3-2-6-25-30-8-7-24(31-25)20-5-1-4-19(11-20)16-32-10-9-29-23(15-28)17-32;1-26-25-17-27-14-15-30(25)18-20-5-2-6-21(16-20)23-12-13-28-24(29-23)7-3-4-19-8-10-22(31)11-9-19/h3,6-7,9-15,19-20,28,31H,4-5,8,16-18H2,1-2H3;1,4-5,7-8,11-14,23,29H,2-3,6,9-10,16-17H2;2,5-6,8-13,16,25,27,31H,3-4,7,14-15,17-18H2/t19-,20-;;/m0../s1/i5D2;;. The van der Waals surface area contributed by atoms with Crippen LogP contribution in [0.25, 0.3) is 38.6 Å². The number of hydrogen-bond donors (Lipinski definition) is 5. The van der Waals surface area contributed by atoms with Crippen LogP contribution >= 0.6 is 0 Å². The largest absolute Gasteiger partial charge is 0.508 e. The van der Waals surface area contributed by atoms with Crippen LogP contribution in [0, 0.1) is 29.5 Å². The van der Waals surface area contributed by atoms with E-state index >= 15 is 0 Å². The molecule has 0 radical (unpaired) electrons. The minimum atomic E-state index is -1.52. The first-order valence-electron chi connectivity index (χ1n) is 33.5. The fourth-order valence-corrected chi connectivity index (χ4v) is 11.9. The van der Waals surface area contributed by atoms with E-state index in [1.54, 1.807) is 36.7 Å². The molecule has 9 aromatic rings. The smallest absolute Gasteiger partial charge is 0.292 e. The van der Waals surface area contributed by atoms with E-state index in [2.05, 4.69) is 131 Å². The van der Waals surface area contributed by atoms with Crippen LogP contribution in [0.1, 0.15) is 86.7 Å². The number of piperazine rings is 3. The van der Waals surface area contributed by atoms with Crippen molar-refractivity contribution in [2.75, 3.05) is 52.4 Å². The molecule has 3 fully saturated rings. The molecule has 2 unspecified atom stereocenters. The van der Waals surface area contributed by atoms with E-state index in [4.69, 9.17) is 29.5 Å². The zero-order valence-corrected chi connectivity index (χ0v) is 53.6. The highest BCUT2D eigenvalue weighted by atomic mass is 19.1. The third-order valence-electron chi connectivity index (χ3n) is 16.9. The summed E-state index contributed by atoms with van der Waals surface area (Å²) in [4.78, 5) is 38.2. The molecule has 16 nitrogen and oxygen atoms in total. The average Bonchev–Trinajstić information content (AvgIpc) is 1.30. The van der Waals surface area contributed by atoms with E-state index < -0.39 is 18.0 Å². The van der Waals surface area contributed by atoms with E-state index in [1.807, 2.05) is 48.7 Å². The van der Waals surface area contributed by atoms with Gasteiger partial charge in [0.1, 0.15) is 46.6 Å². The van der Waals surface area contributed by atoms with E-state index in [1.165, 1.54) is 46.5 Å². The number of hydrogen-bond acceptors (Lipinski definition) is 15. The Morgan fingerprint density at radius 2 is 1.06 bits per heavy atom. The van der Waals surface area contributed by atoms with Crippen LogP contribution in [0.5, 0.6) is 11.5 Å². The SMILES string of the molecule is N#CC1CN(Cc2cccc(-c3ccnc(CCCc4cc(F)cc(F)c4)n3)c2)CCN1.[2H]C([2H])(CCc1nccc(-c2cccc(CN3C[C@H](C)NC[C@@H]3C)c2)n1)c1ccc(O)cc1.[C-]#[N+]C1CNCCN1Cc1cccc(-c2ccnc(CCCc3ccc(O)cc3)n2)c1. The number of benzene rings is 6. The normalized spacial score (nSPS) is 18.0. The second-order valence-electron chi connectivity index (χ2n) is 24.3. The van der Waals surface area contributed by atoms with Crippen LogP contribution in [0.3, 0.4) is 0 Å². The van der Waals surface area contributed by atoms with Gasteiger partial charge in [0.05, 0.1) is 29.7 Å². The maximum atomic E-state index is 13.4. The van der Waals surface area contributed by atoms with Crippen molar-refractivity contribution in [3.05, 3.63) is 250 Å². The molecular formula is C76H84F2N14O2. The third-order valence-corrected chi connectivity index (χ3v) is 16.9. The summed E-state index contributed by atoms with van der Waals surface area (Å²) in [5.41, 5.74) is 11.8. The van der Waals surface area contributed by atoms with Gasteiger partial charge in [0.2, 0.25) is 0 Å². The number of rotatable bonds is 21. The number of nitriles is 1. The van der Waals surface area contributed by atoms with E-state index in [-0.39, 0.29) is 24.4 Å². The van der Waals surface area contributed by atoms with Crippen molar-refractivity contribution in [1.29, 1.82) is 5.26 Å². The number of aromatic hydroxyl groups is 2. The predicted molar refractivity (Wildman–Crippen MR) is 365 cm³/mol. The van der Waals surface area contributed by atoms with Gasteiger partial charge >= 0.3 is 0 Å². The van der Waals surface area contributed by atoms with E-state index in [0.29, 0.717) is 72.8 Å². The number of nitrogens with zero attached hydrogens (tertiary/aromatic N) is 11. The Bertz CT molecular complexity index is 4040. The molecule has 6 aromatic carbocycles. The second-order valence-corrected chi connectivity index (χ2v) is 24.3. The molecule has 0 bridgehead atoms. The molecule has 3 aromatic heterocycles. The van der Waals surface area contributed by atoms with Gasteiger partial charge in [-0.15, -0.1) is 0 Å². The summed E-state index contributed by atoms with van der Waals surface area (Å²) in [5.74, 6) is 1.51. The Kier molecular flexibility index (Phi) is 23.9. The van der Waals surface area contributed by atoms with Crippen LogP contribution in [0.15, 0.2) is 176 Å². The lowest BCUT2D eigenvalue weighted by atomic mass is 10.0. The van der Waals surface area contributed by atoms with Crippen LogP contribution < -0.4 is 16.0 Å². The Morgan fingerprint density at radius 1 is 0.553 bits per heavy atom. The second kappa shape index (κ2) is 34.6. The predicted octanol–water partition coefficient (Wildman–Crippen LogP) is 11.8. The molecule has 0 spiro atoms. The first-order chi connectivity index (χ1) is 46.6. The van der Waals surface area contributed by atoms with Crippen LogP contribution in [-0.4, -0.2) is 131 Å². The number of halogens is 2.